The highest BCUT2D eigenvalue weighted by atomic mass is 16.1. The van der Waals surface area contributed by atoms with Crippen LogP contribution in [0.1, 0.15) is 44.2 Å². The number of aromatic nitrogens is 1. The van der Waals surface area contributed by atoms with E-state index in [1.165, 1.54) is 18.4 Å². The van der Waals surface area contributed by atoms with Crippen LogP contribution < -0.4 is 5.56 Å². The Morgan fingerprint density at radius 1 is 1.38 bits per heavy atom. The first-order chi connectivity index (χ1) is 6.18. The minimum atomic E-state index is 0.145. The second-order valence-corrected chi connectivity index (χ2v) is 4.09. The third-order valence-corrected chi connectivity index (χ3v) is 2.57. The van der Waals surface area contributed by atoms with Crippen LogP contribution in [0, 0.1) is 0 Å². The minimum Gasteiger partial charge on any atom is -0.312 e. The molecule has 0 amide bonds. The van der Waals surface area contributed by atoms with Gasteiger partial charge in [0.1, 0.15) is 0 Å². The molecule has 2 rings (SSSR count). The smallest absolute Gasteiger partial charge is 0.250 e. The molecule has 1 aliphatic rings. The van der Waals surface area contributed by atoms with Gasteiger partial charge in [-0.25, -0.2) is 0 Å². The van der Waals surface area contributed by atoms with Gasteiger partial charge in [-0.3, -0.25) is 4.79 Å². The lowest BCUT2D eigenvalue weighted by Crippen LogP contribution is -2.17. The maximum absolute atomic E-state index is 11.4. The fraction of sp³-hybridized carbons (Fsp3) is 0.545. The summed E-state index contributed by atoms with van der Waals surface area (Å²) in [6.07, 6.45) is 4.35. The van der Waals surface area contributed by atoms with Gasteiger partial charge in [0.2, 0.25) is 0 Å². The van der Waals surface area contributed by atoms with Crippen molar-refractivity contribution in [1.29, 1.82) is 0 Å². The zero-order chi connectivity index (χ0) is 9.42. The quantitative estimate of drug-likeness (QED) is 0.679. The third kappa shape index (κ3) is 1.67. The van der Waals surface area contributed by atoms with Gasteiger partial charge >= 0.3 is 0 Å². The van der Waals surface area contributed by atoms with Crippen molar-refractivity contribution in [1.82, 2.24) is 4.57 Å². The summed E-state index contributed by atoms with van der Waals surface area (Å²) in [7, 11) is 0. The standard InChI is InChI=1S/C11H15NO/c1-8(2)9-3-6-11(13)12(7-9)10-4-5-10/h3,6-8,10H,4-5H2,1-2H3. The molecule has 70 valence electrons. The number of hydrogen-bond acceptors (Lipinski definition) is 1. The molecular formula is C11H15NO. The molecule has 1 aliphatic carbocycles. The maximum atomic E-state index is 11.4. The van der Waals surface area contributed by atoms with E-state index in [0.717, 1.165) is 0 Å². The molecule has 0 N–H and O–H groups in total. The molecule has 1 aromatic rings. The summed E-state index contributed by atoms with van der Waals surface area (Å²) >= 11 is 0. The summed E-state index contributed by atoms with van der Waals surface area (Å²) in [6.45, 7) is 4.30. The van der Waals surface area contributed by atoms with Crippen LogP contribution in [0.4, 0.5) is 0 Å². The second kappa shape index (κ2) is 3.02. The van der Waals surface area contributed by atoms with Gasteiger partial charge < -0.3 is 4.57 Å². The molecule has 1 aromatic heterocycles. The summed E-state index contributed by atoms with van der Waals surface area (Å²) in [5.74, 6) is 0.505. The predicted molar refractivity (Wildman–Crippen MR) is 53.1 cm³/mol. The topological polar surface area (TPSA) is 22.0 Å². The third-order valence-electron chi connectivity index (χ3n) is 2.57. The maximum Gasteiger partial charge on any atom is 0.250 e. The average molecular weight is 177 g/mol. The molecular weight excluding hydrogens is 162 g/mol. The van der Waals surface area contributed by atoms with Crippen LogP contribution in [-0.2, 0) is 0 Å². The highest BCUT2D eigenvalue weighted by molar-refractivity contribution is 5.15. The van der Waals surface area contributed by atoms with Crippen LogP contribution in [0.25, 0.3) is 0 Å². The first-order valence-corrected chi connectivity index (χ1v) is 4.90. The summed E-state index contributed by atoms with van der Waals surface area (Å²) in [4.78, 5) is 11.4. The van der Waals surface area contributed by atoms with E-state index in [1.807, 2.05) is 16.8 Å². The lowest BCUT2D eigenvalue weighted by molar-refractivity contribution is 0.689. The van der Waals surface area contributed by atoms with Crippen molar-refractivity contribution in [2.45, 2.75) is 38.6 Å². The first kappa shape index (κ1) is 8.54. The highest BCUT2D eigenvalue weighted by Gasteiger charge is 2.24. The van der Waals surface area contributed by atoms with E-state index in [9.17, 15) is 4.79 Å². The van der Waals surface area contributed by atoms with Crippen molar-refractivity contribution in [3.05, 3.63) is 34.2 Å². The molecule has 1 fully saturated rings. The van der Waals surface area contributed by atoms with Crippen molar-refractivity contribution < 1.29 is 0 Å². The molecule has 1 heterocycles. The Balaban J connectivity index is 2.42. The van der Waals surface area contributed by atoms with Crippen molar-refractivity contribution in [3.8, 4) is 0 Å². The van der Waals surface area contributed by atoms with Gasteiger partial charge in [0.15, 0.2) is 0 Å². The Morgan fingerprint density at radius 3 is 2.62 bits per heavy atom. The zero-order valence-corrected chi connectivity index (χ0v) is 8.16. The Hall–Kier alpha value is -1.05. The van der Waals surface area contributed by atoms with Gasteiger partial charge in [0.25, 0.3) is 5.56 Å². The summed E-state index contributed by atoms with van der Waals surface area (Å²) in [6, 6.07) is 4.12. The molecule has 0 aliphatic heterocycles. The summed E-state index contributed by atoms with van der Waals surface area (Å²) < 4.78 is 1.88. The van der Waals surface area contributed by atoms with E-state index in [-0.39, 0.29) is 5.56 Å². The molecule has 13 heavy (non-hydrogen) atoms. The van der Waals surface area contributed by atoms with Crippen molar-refractivity contribution in [2.24, 2.45) is 0 Å². The number of hydrogen-bond donors (Lipinski definition) is 0. The molecule has 0 aromatic carbocycles. The predicted octanol–water partition coefficient (Wildman–Crippen LogP) is 2.31. The minimum absolute atomic E-state index is 0.145. The van der Waals surface area contributed by atoms with Crippen LogP contribution in [0.5, 0.6) is 0 Å². The zero-order valence-electron chi connectivity index (χ0n) is 8.16. The monoisotopic (exact) mass is 177 g/mol. The fourth-order valence-electron chi connectivity index (χ4n) is 1.50. The molecule has 0 radical (unpaired) electrons. The van der Waals surface area contributed by atoms with Crippen LogP contribution in [-0.4, -0.2) is 4.57 Å². The number of nitrogens with zero attached hydrogens (tertiary/aromatic N) is 1. The van der Waals surface area contributed by atoms with Crippen LogP contribution >= 0.6 is 0 Å². The van der Waals surface area contributed by atoms with Crippen molar-refractivity contribution in [2.75, 3.05) is 0 Å². The Morgan fingerprint density at radius 2 is 2.08 bits per heavy atom. The molecule has 0 unspecified atom stereocenters. The van der Waals surface area contributed by atoms with Gasteiger partial charge in [-0.15, -0.1) is 0 Å². The van der Waals surface area contributed by atoms with Crippen LogP contribution in [0.3, 0.4) is 0 Å². The Kier molecular flexibility index (Phi) is 1.98. The van der Waals surface area contributed by atoms with E-state index in [0.29, 0.717) is 12.0 Å². The molecule has 0 bridgehead atoms. The van der Waals surface area contributed by atoms with Crippen LogP contribution in [0.15, 0.2) is 23.1 Å². The molecule has 2 nitrogen and oxygen atoms in total. The van der Waals surface area contributed by atoms with E-state index in [1.54, 1.807) is 6.07 Å². The lowest BCUT2D eigenvalue weighted by atomic mass is 10.1. The van der Waals surface area contributed by atoms with Crippen molar-refractivity contribution in [3.63, 3.8) is 0 Å². The fourth-order valence-corrected chi connectivity index (χ4v) is 1.50. The second-order valence-electron chi connectivity index (χ2n) is 4.09. The summed E-state index contributed by atoms with van der Waals surface area (Å²) in [5, 5.41) is 0. The number of rotatable bonds is 2. The van der Waals surface area contributed by atoms with E-state index in [2.05, 4.69) is 13.8 Å². The molecule has 1 saturated carbocycles. The Bertz CT molecular complexity index is 361. The van der Waals surface area contributed by atoms with Gasteiger partial charge in [0, 0.05) is 18.3 Å². The van der Waals surface area contributed by atoms with E-state index in [4.69, 9.17) is 0 Å². The van der Waals surface area contributed by atoms with Gasteiger partial charge in [0.05, 0.1) is 0 Å². The molecule has 0 atom stereocenters. The van der Waals surface area contributed by atoms with E-state index < -0.39 is 0 Å². The lowest BCUT2D eigenvalue weighted by Gasteiger charge is -2.08. The van der Waals surface area contributed by atoms with Crippen LogP contribution in [0.2, 0.25) is 0 Å². The average Bonchev–Trinajstić information content (AvgIpc) is 2.87. The number of pyridine rings is 1. The van der Waals surface area contributed by atoms with Gasteiger partial charge in [-0.05, 0) is 24.3 Å². The molecule has 0 saturated heterocycles. The molecule has 2 heteroatoms. The Labute approximate surface area is 78.2 Å². The normalized spacial score (nSPS) is 16.5. The van der Waals surface area contributed by atoms with Gasteiger partial charge in [-0.2, -0.15) is 0 Å². The summed E-state index contributed by atoms with van der Waals surface area (Å²) in [5.41, 5.74) is 1.40. The van der Waals surface area contributed by atoms with Crippen molar-refractivity contribution >= 4 is 0 Å². The first-order valence-electron chi connectivity index (χ1n) is 4.90. The largest absolute Gasteiger partial charge is 0.312 e. The SMILES string of the molecule is CC(C)c1ccc(=O)n(C2CC2)c1. The highest BCUT2D eigenvalue weighted by Crippen LogP contribution is 2.33. The van der Waals surface area contributed by atoms with Gasteiger partial charge in [-0.1, -0.05) is 19.9 Å². The van der Waals surface area contributed by atoms with E-state index >= 15 is 0 Å². The molecule has 0 spiro atoms.